The number of hydrogen-bond acceptors (Lipinski definition) is 7. The van der Waals surface area contributed by atoms with E-state index in [0.29, 0.717) is 54.4 Å². The van der Waals surface area contributed by atoms with Crippen molar-refractivity contribution in [2.45, 2.75) is 65.0 Å². The van der Waals surface area contributed by atoms with E-state index in [9.17, 15) is 9.59 Å². The highest BCUT2D eigenvalue weighted by Gasteiger charge is 2.22. The SMILES string of the molecule is CCn1c(N)c(-c2nccn2OCC[Si](C)(C)C)c(=O)c2ccc(-c3ccc(CCCC(=O)NCc4ccncc4)cc3)nc21. The number of hydrogen-bond donors (Lipinski definition) is 2. The van der Waals surface area contributed by atoms with Gasteiger partial charge in [-0.25, -0.2) is 9.97 Å². The lowest BCUT2D eigenvalue weighted by Gasteiger charge is -2.18. The fourth-order valence-corrected chi connectivity index (χ4v) is 5.84. The molecule has 5 aromatic rings. The van der Waals surface area contributed by atoms with Gasteiger partial charge in [-0.05, 0) is 61.2 Å². The van der Waals surface area contributed by atoms with Crippen molar-refractivity contribution in [3.05, 3.63) is 94.7 Å². The lowest BCUT2D eigenvalue weighted by molar-refractivity contribution is -0.121. The van der Waals surface area contributed by atoms with Gasteiger partial charge in [-0.15, -0.1) is 0 Å². The number of anilines is 1. The second-order valence-corrected chi connectivity index (χ2v) is 17.9. The summed E-state index contributed by atoms with van der Waals surface area (Å²) in [6.45, 7) is 10.4. The molecule has 0 bridgehead atoms. The van der Waals surface area contributed by atoms with Gasteiger partial charge in [0.1, 0.15) is 23.6 Å². The van der Waals surface area contributed by atoms with E-state index in [1.54, 1.807) is 29.5 Å². The third kappa shape index (κ3) is 7.66. The first kappa shape index (κ1) is 31.6. The summed E-state index contributed by atoms with van der Waals surface area (Å²) in [7, 11) is -1.29. The molecule has 0 aliphatic carbocycles. The van der Waals surface area contributed by atoms with Gasteiger partial charge in [-0.3, -0.25) is 14.6 Å². The van der Waals surface area contributed by atoms with Crippen LogP contribution in [0.1, 0.15) is 30.9 Å². The molecule has 0 unspecified atom stereocenters. The normalized spacial score (nSPS) is 11.6. The molecule has 5 rings (SSSR count). The van der Waals surface area contributed by atoms with E-state index in [0.717, 1.165) is 41.3 Å². The van der Waals surface area contributed by atoms with Gasteiger partial charge in [-0.1, -0.05) is 43.9 Å². The largest absolute Gasteiger partial charge is 0.413 e. The van der Waals surface area contributed by atoms with Crippen molar-refractivity contribution in [2.24, 2.45) is 0 Å². The Balaban J connectivity index is 1.30. The topological polar surface area (TPSA) is 130 Å². The number of benzene rings is 1. The molecule has 4 aromatic heterocycles. The number of nitrogens with two attached hydrogens (primary N) is 1. The smallest absolute Gasteiger partial charge is 0.220 e. The lowest BCUT2D eigenvalue weighted by Crippen LogP contribution is -2.26. The van der Waals surface area contributed by atoms with Gasteiger partial charge >= 0.3 is 0 Å². The van der Waals surface area contributed by atoms with Gasteiger partial charge in [0, 0.05) is 51.7 Å². The van der Waals surface area contributed by atoms with Crippen molar-refractivity contribution in [1.82, 2.24) is 29.6 Å². The molecule has 0 aliphatic heterocycles. The van der Waals surface area contributed by atoms with Crippen LogP contribution in [0.25, 0.3) is 33.7 Å². The van der Waals surface area contributed by atoms with Crippen LogP contribution in [0.4, 0.5) is 5.82 Å². The van der Waals surface area contributed by atoms with Crippen molar-refractivity contribution in [3.63, 3.8) is 0 Å². The summed E-state index contributed by atoms with van der Waals surface area (Å²) in [5.41, 5.74) is 11.1. The highest BCUT2D eigenvalue weighted by atomic mass is 28.3. The summed E-state index contributed by atoms with van der Waals surface area (Å²) in [6.07, 6.45) is 8.77. The van der Waals surface area contributed by atoms with Crippen LogP contribution in [0.5, 0.6) is 0 Å². The molecule has 0 saturated heterocycles. The molecule has 11 heteroatoms. The van der Waals surface area contributed by atoms with Crippen LogP contribution < -0.4 is 21.3 Å². The fraction of sp³-hybridized carbons (Fsp3) is 0.324. The van der Waals surface area contributed by atoms with E-state index < -0.39 is 8.07 Å². The number of nitrogen functional groups attached to an aromatic ring is 1. The van der Waals surface area contributed by atoms with Crippen LogP contribution >= 0.6 is 0 Å². The minimum atomic E-state index is -1.29. The van der Waals surface area contributed by atoms with Gasteiger partial charge < -0.3 is 20.5 Å². The molecular weight excluding hydrogens is 583 g/mol. The minimum absolute atomic E-state index is 0.0340. The zero-order valence-electron chi connectivity index (χ0n) is 26.4. The molecule has 1 aromatic carbocycles. The summed E-state index contributed by atoms with van der Waals surface area (Å²) < 4.78 is 3.41. The predicted octanol–water partition coefficient (Wildman–Crippen LogP) is 5.33. The number of imidazole rings is 1. The Bertz CT molecular complexity index is 1830. The first-order chi connectivity index (χ1) is 21.6. The number of nitrogens with one attached hydrogen (secondary N) is 1. The minimum Gasteiger partial charge on any atom is -0.413 e. The van der Waals surface area contributed by atoms with Crippen LogP contribution in [-0.4, -0.2) is 44.8 Å². The fourth-order valence-electron chi connectivity index (χ4n) is 5.13. The Morgan fingerprint density at radius 2 is 1.76 bits per heavy atom. The van der Waals surface area contributed by atoms with E-state index in [1.807, 2.05) is 47.9 Å². The first-order valence-electron chi connectivity index (χ1n) is 15.4. The average molecular weight is 624 g/mol. The highest BCUT2D eigenvalue weighted by molar-refractivity contribution is 6.76. The maximum absolute atomic E-state index is 13.8. The summed E-state index contributed by atoms with van der Waals surface area (Å²) in [6, 6.07) is 16.6. The highest BCUT2D eigenvalue weighted by Crippen LogP contribution is 2.27. The van der Waals surface area contributed by atoms with Crippen LogP contribution in [-0.2, 0) is 24.3 Å². The molecule has 1 amide bonds. The number of aromatic nitrogens is 5. The number of carbonyl (C=O) groups excluding carboxylic acids is 1. The quantitative estimate of drug-likeness (QED) is 0.170. The van der Waals surface area contributed by atoms with Crippen LogP contribution in [0, 0.1) is 0 Å². The van der Waals surface area contributed by atoms with E-state index in [1.165, 1.54) is 0 Å². The van der Waals surface area contributed by atoms with Gasteiger partial charge in [-0.2, -0.15) is 4.73 Å². The van der Waals surface area contributed by atoms with Gasteiger partial charge in [0.25, 0.3) is 0 Å². The third-order valence-corrected chi connectivity index (χ3v) is 9.44. The summed E-state index contributed by atoms with van der Waals surface area (Å²) in [5.74, 6) is 0.732. The van der Waals surface area contributed by atoms with Crippen molar-refractivity contribution in [3.8, 4) is 22.6 Å². The van der Waals surface area contributed by atoms with Gasteiger partial charge in [0.2, 0.25) is 11.3 Å². The van der Waals surface area contributed by atoms with Crippen molar-refractivity contribution >= 4 is 30.8 Å². The Labute approximate surface area is 264 Å². The van der Waals surface area contributed by atoms with E-state index in [4.69, 9.17) is 15.6 Å². The second kappa shape index (κ2) is 13.9. The Kier molecular flexibility index (Phi) is 9.77. The van der Waals surface area contributed by atoms with Crippen LogP contribution in [0.15, 0.2) is 78.1 Å². The Morgan fingerprint density at radius 1 is 1.00 bits per heavy atom. The standard InChI is InChI=1S/C34H41N7O3Si/c1-5-40-32(35)30(34-37-19-20-41(34)44-21-22-45(2,3)4)31(43)27-13-14-28(39-33(27)40)26-11-9-24(10-12-26)7-6-8-29(42)38-23-25-15-17-36-18-16-25/h9-20H,5-8,21-23,35H2,1-4H3,(H,38,42). The Morgan fingerprint density at radius 3 is 2.47 bits per heavy atom. The van der Waals surface area contributed by atoms with Crippen molar-refractivity contribution in [1.29, 1.82) is 0 Å². The molecule has 0 atom stereocenters. The average Bonchev–Trinajstić information content (AvgIpc) is 3.48. The molecule has 0 saturated carbocycles. The molecule has 0 radical (unpaired) electrons. The third-order valence-electron chi connectivity index (χ3n) is 7.74. The zero-order valence-corrected chi connectivity index (χ0v) is 27.4. The summed E-state index contributed by atoms with van der Waals surface area (Å²) in [5, 5.41) is 3.43. The predicted molar refractivity (Wildman–Crippen MR) is 181 cm³/mol. The number of rotatable bonds is 13. The summed E-state index contributed by atoms with van der Waals surface area (Å²) in [4.78, 5) is 45.4. The van der Waals surface area contributed by atoms with Gasteiger partial charge in [0.05, 0.1) is 17.3 Å². The number of pyridine rings is 3. The number of aryl methyl sites for hydroxylation is 2. The van der Waals surface area contributed by atoms with E-state index in [2.05, 4.69) is 47.1 Å². The molecule has 10 nitrogen and oxygen atoms in total. The summed E-state index contributed by atoms with van der Waals surface area (Å²) >= 11 is 0. The number of nitrogens with zero attached hydrogens (tertiary/aromatic N) is 5. The number of amides is 1. The molecule has 0 aliphatic rings. The van der Waals surface area contributed by atoms with Crippen molar-refractivity contribution in [2.75, 3.05) is 12.3 Å². The Hall–Kier alpha value is -4.77. The molecular formula is C34H41N7O3Si. The zero-order chi connectivity index (χ0) is 32.0. The molecule has 0 spiro atoms. The van der Waals surface area contributed by atoms with Gasteiger partial charge in [0.15, 0.2) is 5.82 Å². The lowest BCUT2D eigenvalue weighted by atomic mass is 10.0. The number of carbonyl (C=O) groups is 1. The molecule has 0 fully saturated rings. The number of fused-ring (bicyclic) bond motifs is 1. The van der Waals surface area contributed by atoms with E-state index >= 15 is 0 Å². The van der Waals surface area contributed by atoms with Crippen LogP contribution in [0.3, 0.4) is 0 Å². The van der Waals surface area contributed by atoms with Crippen LogP contribution in [0.2, 0.25) is 25.7 Å². The molecule has 234 valence electrons. The second-order valence-electron chi connectivity index (χ2n) is 12.3. The maximum atomic E-state index is 13.8. The van der Waals surface area contributed by atoms with E-state index in [-0.39, 0.29) is 11.3 Å². The first-order valence-corrected chi connectivity index (χ1v) is 19.1. The maximum Gasteiger partial charge on any atom is 0.220 e. The van der Waals surface area contributed by atoms with Crippen molar-refractivity contribution < 1.29 is 9.63 Å². The molecule has 45 heavy (non-hydrogen) atoms. The molecule has 4 heterocycles. The molecule has 3 N–H and O–H groups in total. The monoisotopic (exact) mass is 623 g/mol.